The minimum Gasteiger partial charge on any atom is -0.389 e. The van der Waals surface area contributed by atoms with Gasteiger partial charge in [0.1, 0.15) is 4.87 Å². The fourth-order valence-electron chi connectivity index (χ4n) is 2.64. The predicted octanol–water partition coefficient (Wildman–Crippen LogP) is 3.36. The van der Waals surface area contributed by atoms with E-state index in [1.807, 2.05) is 0 Å². The minimum atomic E-state index is -1.60. The molecule has 2 nitrogen and oxygen atoms in total. The molecule has 0 spiro atoms. The van der Waals surface area contributed by atoms with Crippen LogP contribution in [-0.4, -0.2) is 25.6 Å². The van der Waals surface area contributed by atoms with Crippen molar-refractivity contribution < 1.29 is 9.16 Å². The average Bonchev–Trinajstić information content (AvgIpc) is 2.57. The van der Waals surface area contributed by atoms with E-state index in [9.17, 15) is 0 Å². The van der Waals surface area contributed by atoms with Crippen LogP contribution in [0.3, 0.4) is 0 Å². The molecule has 0 radical (unpaired) electrons. The van der Waals surface area contributed by atoms with E-state index in [1.165, 1.54) is 6.42 Å². The van der Waals surface area contributed by atoms with Gasteiger partial charge in [0.2, 0.25) is 0 Å². The lowest BCUT2D eigenvalue weighted by molar-refractivity contribution is -0.123. The van der Waals surface area contributed by atoms with Gasteiger partial charge in [-0.25, -0.2) is 0 Å². The molecule has 3 unspecified atom stereocenters. The smallest absolute Gasteiger partial charge is 0.187 e. The van der Waals surface area contributed by atoms with E-state index in [0.29, 0.717) is 5.92 Å². The quantitative estimate of drug-likeness (QED) is 0.551. The Hall–Kier alpha value is 0.427. The fourth-order valence-corrected chi connectivity index (χ4v) is 4.45. The van der Waals surface area contributed by atoms with Crippen LogP contribution in [0.1, 0.15) is 26.2 Å². The van der Waals surface area contributed by atoms with E-state index < -0.39 is 14.1 Å². The van der Waals surface area contributed by atoms with Gasteiger partial charge in [0.05, 0.1) is 6.61 Å². The largest absolute Gasteiger partial charge is 0.389 e. The van der Waals surface area contributed by atoms with E-state index >= 15 is 0 Å². The standard InChI is InChI=1S/C11H21ClO2Si/c1-10(12)9-7-5-6-8-13-11(9,10)14-15(2,3)4/h9H,5-8H2,1-4H3. The highest BCUT2D eigenvalue weighted by molar-refractivity contribution is 6.70. The summed E-state index contributed by atoms with van der Waals surface area (Å²) in [5.74, 6) is -0.0731. The minimum absolute atomic E-state index is 0.298. The zero-order chi connectivity index (χ0) is 11.3. The number of alkyl halides is 1. The zero-order valence-corrected chi connectivity index (χ0v) is 11.9. The van der Waals surface area contributed by atoms with Gasteiger partial charge in [0.25, 0.3) is 0 Å². The van der Waals surface area contributed by atoms with Gasteiger partial charge in [-0.1, -0.05) is 6.42 Å². The summed E-state index contributed by atoms with van der Waals surface area (Å²) >= 11 is 6.52. The molecule has 4 heteroatoms. The van der Waals surface area contributed by atoms with Crippen LogP contribution in [-0.2, 0) is 9.16 Å². The molecule has 0 N–H and O–H groups in total. The fraction of sp³-hybridized carbons (Fsp3) is 1.00. The monoisotopic (exact) mass is 248 g/mol. The summed E-state index contributed by atoms with van der Waals surface area (Å²) < 4.78 is 12.2. The first-order valence-corrected chi connectivity index (χ1v) is 9.61. The second-order valence-electron chi connectivity index (χ2n) is 5.85. The normalized spacial score (nSPS) is 45.8. The number of halogens is 1. The molecule has 2 fully saturated rings. The van der Waals surface area contributed by atoms with Gasteiger partial charge in [-0.15, -0.1) is 11.6 Å². The predicted molar refractivity (Wildman–Crippen MR) is 64.7 cm³/mol. The van der Waals surface area contributed by atoms with Crippen molar-refractivity contribution in [3.8, 4) is 0 Å². The van der Waals surface area contributed by atoms with Crippen molar-refractivity contribution in [2.75, 3.05) is 6.61 Å². The molecule has 2 aliphatic rings. The van der Waals surface area contributed by atoms with Crippen molar-refractivity contribution in [3.63, 3.8) is 0 Å². The summed E-state index contributed by atoms with van der Waals surface area (Å²) in [6, 6.07) is 0. The zero-order valence-electron chi connectivity index (χ0n) is 10.1. The summed E-state index contributed by atoms with van der Waals surface area (Å²) in [6.45, 7) is 9.43. The Kier molecular flexibility index (Phi) is 2.74. The Labute approximate surface area is 98.4 Å². The van der Waals surface area contributed by atoms with Gasteiger partial charge < -0.3 is 9.16 Å². The van der Waals surface area contributed by atoms with E-state index in [2.05, 4.69) is 26.6 Å². The van der Waals surface area contributed by atoms with Crippen LogP contribution < -0.4 is 0 Å². The van der Waals surface area contributed by atoms with Crippen LogP contribution >= 0.6 is 11.6 Å². The summed E-state index contributed by atoms with van der Waals surface area (Å²) in [5, 5.41) is 0. The SMILES string of the molecule is CC1(Cl)C2CCCCOC21O[Si](C)(C)C. The third-order valence-electron chi connectivity index (χ3n) is 3.37. The van der Waals surface area contributed by atoms with Crippen LogP contribution in [0.15, 0.2) is 0 Å². The molecule has 1 aliphatic heterocycles. The highest BCUT2D eigenvalue weighted by Crippen LogP contribution is 2.65. The summed E-state index contributed by atoms with van der Waals surface area (Å²) in [7, 11) is -1.60. The summed E-state index contributed by atoms with van der Waals surface area (Å²) in [5.41, 5.74) is 0. The average molecular weight is 249 g/mol. The molecule has 2 rings (SSSR count). The highest BCUT2D eigenvalue weighted by atomic mass is 35.5. The molecule has 1 heterocycles. The lowest BCUT2D eigenvalue weighted by atomic mass is 10.1. The van der Waals surface area contributed by atoms with Crippen molar-refractivity contribution in [2.24, 2.45) is 5.92 Å². The van der Waals surface area contributed by atoms with Crippen LogP contribution in [0.4, 0.5) is 0 Å². The molecule has 0 amide bonds. The number of hydrogen-bond donors (Lipinski definition) is 0. The topological polar surface area (TPSA) is 18.5 Å². The number of ether oxygens (including phenoxy) is 1. The van der Waals surface area contributed by atoms with Crippen LogP contribution in [0, 0.1) is 5.92 Å². The molecule has 0 aromatic heterocycles. The maximum atomic E-state index is 6.52. The highest BCUT2D eigenvalue weighted by Gasteiger charge is 2.77. The Balaban J connectivity index is 2.17. The van der Waals surface area contributed by atoms with Crippen molar-refractivity contribution in [1.82, 2.24) is 0 Å². The summed E-state index contributed by atoms with van der Waals surface area (Å²) in [6.07, 6.45) is 3.49. The Morgan fingerprint density at radius 1 is 1.33 bits per heavy atom. The van der Waals surface area contributed by atoms with Gasteiger partial charge in [-0.3, -0.25) is 0 Å². The van der Waals surface area contributed by atoms with E-state index in [4.69, 9.17) is 20.8 Å². The second-order valence-corrected chi connectivity index (χ2v) is 11.1. The van der Waals surface area contributed by atoms with Crippen LogP contribution in [0.5, 0.6) is 0 Å². The van der Waals surface area contributed by atoms with Gasteiger partial charge in [0.15, 0.2) is 14.1 Å². The molecule has 0 aromatic rings. The van der Waals surface area contributed by atoms with E-state index in [1.54, 1.807) is 0 Å². The first-order chi connectivity index (χ1) is 6.80. The first-order valence-electron chi connectivity index (χ1n) is 5.83. The molecule has 0 aromatic carbocycles. The molecular formula is C11H21ClO2Si. The lowest BCUT2D eigenvalue weighted by Crippen LogP contribution is -2.39. The molecule has 15 heavy (non-hydrogen) atoms. The van der Waals surface area contributed by atoms with E-state index in [-0.39, 0.29) is 4.87 Å². The molecule has 1 aliphatic carbocycles. The van der Waals surface area contributed by atoms with Crippen molar-refractivity contribution in [2.45, 2.75) is 56.5 Å². The number of fused-ring (bicyclic) bond motifs is 1. The Morgan fingerprint density at radius 3 is 2.60 bits per heavy atom. The van der Waals surface area contributed by atoms with Gasteiger partial charge >= 0.3 is 0 Å². The van der Waals surface area contributed by atoms with Gasteiger partial charge in [0, 0.05) is 5.92 Å². The van der Waals surface area contributed by atoms with Gasteiger partial charge in [-0.05, 0) is 39.4 Å². The van der Waals surface area contributed by atoms with Gasteiger partial charge in [-0.2, -0.15) is 0 Å². The van der Waals surface area contributed by atoms with E-state index in [0.717, 1.165) is 19.4 Å². The lowest BCUT2D eigenvalue weighted by Gasteiger charge is -2.28. The summed E-state index contributed by atoms with van der Waals surface area (Å²) in [4.78, 5) is -0.298. The molecule has 3 atom stereocenters. The molecular weight excluding hydrogens is 228 g/mol. The Morgan fingerprint density at radius 2 is 2.00 bits per heavy atom. The van der Waals surface area contributed by atoms with Crippen LogP contribution in [0.2, 0.25) is 19.6 Å². The molecule has 1 saturated carbocycles. The third-order valence-corrected chi connectivity index (χ3v) is 4.82. The molecule has 0 bridgehead atoms. The maximum absolute atomic E-state index is 6.52. The van der Waals surface area contributed by atoms with Crippen LogP contribution in [0.25, 0.3) is 0 Å². The number of rotatable bonds is 2. The third kappa shape index (κ3) is 1.88. The second kappa shape index (κ2) is 3.46. The van der Waals surface area contributed by atoms with Crippen molar-refractivity contribution in [1.29, 1.82) is 0 Å². The number of hydrogen-bond acceptors (Lipinski definition) is 2. The van der Waals surface area contributed by atoms with Crippen molar-refractivity contribution >= 4 is 19.9 Å². The molecule has 88 valence electrons. The maximum Gasteiger partial charge on any atom is 0.187 e. The molecule has 1 saturated heterocycles. The van der Waals surface area contributed by atoms with Crippen molar-refractivity contribution in [3.05, 3.63) is 0 Å². The Bertz CT molecular complexity index is 262. The first kappa shape index (κ1) is 11.9.